The smallest absolute Gasteiger partial charge is 0.410 e. The molecule has 0 bridgehead atoms. The number of nitrogens with zero attached hydrogens (tertiary/aromatic N) is 3. The Bertz CT molecular complexity index is 678. The van der Waals surface area contributed by atoms with Crippen LogP contribution in [0.15, 0.2) is 24.3 Å². The maximum absolute atomic E-state index is 12.1. The summed E-state index contributed by atoms with van der Waals surface area (Å²) in [5.41, 5.74) is 1.58. The molecule has 0 spiro atoms. The minimum atomic E-state index is -0.445. The number of carbonyl (C=O) groups excluding carboxylic acids is 1. The molecule has 24 heavy (non-hydrogen) atoms. The van der Waals surface area contributed by atoms with Gasteiger partial charge < -0.3 is 19.5 Å². The fraction of sp³-hybridized carbons (Fsp3) is 0.556. The van der Waals surface area contributed by atoms with Crippen molar-refractivity contribution in [3.8, 4) is 0 Å². The summed E-state index contributed by atoms with van der Waals surface area (Å²) in [5.74, 6) is 0.881. The van der Waals surface area contributed by atoms with Crippen molar-refractivity contribution in [2.45, 2.75) is 45.3 Å². The maximum Gasteiger partial charge on any atom is 0.410 e. The summed E-state index contributed by atoms with van der Waals surface area (Å²) in [5, 5.41) is 0. The standard InChI is InChI=1S/C18H26N4O2/c1-18(2,3)24-17(23)22-11-9-13(10-12-22)21(4)16-19-14-7-5-6-8-15(14)20-16/h5-8,13H,9-12H2,1-4H3,(H,19,20). The first-order chi connectivity index (χ1) is 11.3. The maximum atomic E-state index is 12.1. The van der Waals surface area contributed by atoms with Crippen LogP contribution in [-0.2, 0) is 4.74 Å². The number of fused-ring (bicyclic) bond motifs is 1. The Hall–Kier alpha value is -2.24. The van der Waals surface area contributed by atoms with E-state index in [9.17, 15) is 4.79 Å². The second-order valence-electron chi connectivity index (χ2n) is 7.39. The molecule has 1 fully saturated rings. The number of hydrogen-bond acceptors (Lipinski definition) is 4. The summed E-state index contributed by atoms with van der Waals surface area (Å²) in [4.78, 5) is 24.2. The van der Waals surface area contributed by atoms with Crippen LogP contribution in [0, 0.1) is 0 Å². The Morgan fingerprint density at radius 1 is 1.29 bits per heavy atom. The number of aromatic nitrogens is 2. The van der Waals surface area contributed by atoms with Crippen molar-refractivity contribution in [2.75, 3.05) is 25.0 Å². The van der Waals surface area contributed by atoms with E-state index in [4.69, 9.17) is 4.74 Å². The number of likely N-dealkylation sites (tertiary alicyclic amines) is 1. The van der Waals surface area contributed by atoms with E-state index in [1.165, 1.54) is 0 Å². The zero-order valence-electron chi connectivity index (χ0n) is 14.9. The number of amides is 1. The number of H-pyrrole nitrogens is 1. The molecule has 1 aliphatic heterocycles. The molecular formula is C18H26N4O2. The van der Waals surface area contributed by atoms with Gasteiger partial charge in [-0.1, -0.05) is 12.1 Å². The molecule has 1 aliphatic rings. The third-order valence-corrected chi connectivity index (χ3v) is 4.37. The van der Waals surface area contributed by atoms with Crippen LogP contribution in [0.5, 0.6) is 0 Å². The molecule has 0 atom stereocenters. The monoisotopic (exact) mass is 330 g/mol. The largest absolute Gasteiger partial charge is 0.444 e. The highest BCUT2D eigenvalue weighted by atomic mass is 16.6. The number of carbonyl (C=O) groups is 1. The number of hydrogen-bond donors (Lipinski definition) is 1. The highest BCUT2D eigenvalue weighted by Gasteiger charge is 2.29. The Labute approximate surface area is 142 Å². The highest BCUT2D eigenvalue weighted by Crippen LogP contribution is 2.23. The predicted octanol–water partition coefficient (Wildman–Crippen LogP) is 3.40. The van der Waals surface area contributed by atoms with E-state index in [2.05, 4.69) is 21.9 Å². The number of piperidine rings is 1. The van der Waals surface area contributed by atoms with E-state index in [0.29, 0.717) is 19.1 Å². The van der Waals surface area contributed by atoms with Crippen molar-refractivity contribution in [1.82, 2.24) is 14.9 Å². The van der Waals surface area contributed by atoms with Crippen molar-refractivity contribution < 1.29 is 9.53 Å². The summed E-state index contributed by atoms with van der Waals surface area (Å²) in [6, 6.07) is 8.40. The first-order valence-electron chi connectivity index (χ1n) is 8.49. The van der Waals surface area contributed by atoms with Gasteiger partial charge in [-0.05, 0) is 45.7 Å². The lowest BCUT2D eigenvalue weighted by Gasteiger charge is -2.37. The van der Waals surface area contributed by atoms with Crippen molar-refractivity contribution in [2.24, 2.45) is 0 Å². The first-order valence-corrected chi connectivity index (χ1v) is 8.49. The fourth-order valence-corrected chi connectivity index (χ4v) is 3.04. The summed E-state index contributed by atoms with van der Waals surface area (Å²) < 4.78 is 5.45. The molecule has 0 saturated carbocycles. The van der Waals surface area contributed by atoms with Crippen molar-refractivity contribution in [3.05, 3.63) is 24.3 Å². The van der Waals surface area contributed by atoms with Crippen LogP contribution in [-0.4, -0.2) is 52.7 Å². The predicted molar refractivity (Wildman–Crippen MR) is 95.3 cm³/mol. The van der Waals surface area contributed by atoms with Crippen LogP contribution in [0.4, 0.5) is 10.7 Å². The third-order valence-electron chi connectivity index (χ3n) is 4.37. The number of nitrogens with one attached hydrogen (secondary N) is 1. The molecule has 1 N–H and O–H groups in total. The zero-order chi connectivity index (χ0) is 17.3. The van der Waals surface area contributed by atoms with Gasteiger partial charge in [0.25, 0.3) is 0 Å². The van der Waals surface area contributed by atoms with Gasteiger partial charge in [0.1, 0.15) is 5.60 Å². The van der Waals surface area contributed by atoms with Crippen LogP contribution in [0.1, 0.15) is 33.6 Å². The summed E-state index contributed by atoms with van der Waals surface area (Å²) in [7, 11) is 2.06. The number of benzene rings is 1. The van der Waals surface area contributed by atoms with Gasteiger partial charge in [0.15, 0.2) is 0 Å². The van der Waals surface area contributed by atoms with Gasteiger partial charge in [-0.3, -0.25) is 0 Å². The molecule has 3 rings (SSSR count). The molecule has 1 amide bonds. The summed E-state index contributed by atoms with van der Waals surface area (Å²) >= 11 is 0. The van der Waals surface area contributed by atoms with E-state index in [1.807, 2.05) is 45.0 Å². The molecule has 6 heteroatoms. The van der Waals surface area contributed by atoms with Gasteiger partial charge in [-0.15, -0.1) is 0 Å². The lowest BCUT2D eigenvalue weighted by Crippen LogP contribution is -2.47. The molecule has 2 aromatic rings. The lowest BCUT2D eigenvalue weighted by molar-refractivity contribution is 0.0205. The van der Waals surface area contributed by atoms with Gasteiger partial charge in [0.05, 0.1) is 11.0 Å². The second-order valence-corrected chi connectivity index (χ2v) is 7.39. The minimum Gasteiger partial charge on any atom is -0.444 e. The Kier molecular flexibility index (Phi) is 4.39. The number of anilines is 1. The van der Waals surface area contributed by atoms with E-state index >= 15 is 0 Å². The van der Waals surface area contributed by atoms with E-state index < -0.39 is 5.60 Å². The van der Waals surface area contributed by atoms with Crippen molar-refractivity contribution in [3.63, 3.8) is 0 Å². The molecule has 0 radical (unpaired) electrons. The highest BCUT2D eigenvalue weighted by molar-refractivity contribution is 5.77. The fourth-order valence-electron chi connectivity index (χ4n) is 3.04. The number of rotatable bonds is 2. The number of para-hydroxylation sites is 2. The third kappa shape index (κ3) is 3.63. The Morgan fingerprint density at radius 2 is 1.96 bits per heavy atom. The average molecular weight is 330 g/mol. The summed E-state index contributed by atoms with van der Waals surface area (Å²) in [6.07, 6.45) is 1.60. The molecule has 2 heterocycles. The molecular weight excluding hydrogens is 304 g/mol. The van der Waals surface area contributed by atoms with Crippen LogP contribution >= 0.6 is 0 Å². The van der Waals surface area contributed by atoms with Crippen LogP contribution in [0.2, 0.25) is 0 Å². The molecule has 0 aliphatic carbocycles. The minimum absolute atomic E-state index is 0.215. The van der Waals surface area contributed by atoms with Gasteiger partial charge in [0, 0.05) is 26.2 Å². The molecule has 1 aromatic carbocycles. The van der Waals surface area contributed by atoms with Gasteiger partial charge in [-0.2, -0.15) is 0 Å². The first kappa shape index (κ1) is 16.6. The van der Waals surface area contributed by atoms with Crippen LogP contribution in [0.25, 0.3) is 11.0 Å². The molecule has 6 nitrogen and oxygen atoms in total. The molecule has 1 aromatic heterocycles. The average Bonchev–Trinajstić information content (AvgIpc) is 2.96. The summed E-state index contributed by atoms with van der Waals surface area (Å²) in [6.45, 7) is 7.11. The second kappa shape index (κ2) is 6.34. The SMILES string of the molecule is CN(c1nc2ccccc2[nH]1)C1CCN(C(=O)OC(C)(C)C)CC1. The number of imidazole rings is 1. The van der Waals surface area contributed by atoms with Crippen molar-refractivity contribution in [1.29, 1.82) is 0 Å². The van der Waals surface area contributed by atoms with E-state index in [1.54, 1.807) is 4.90 Å². The van der Waals surface area contributed by atoms with Gasteiger partial charge in [0.2, 0.25) is 5.95 Å². The van der Waals surface area contributed by atoms with Gasteiger partial charge in [-0.25, -0.2) is 9.78 Å². The Balaban J connectivity index is 1.60. The molecule has 130 valence electrons. The normalized spacial score (nSPS) is 16.4. The molecule has 0 unspecified atom stereocenters. The van der Waals surface area contributed by atoms with Crippen LogP contribution < -0.4 is 4.90 Å². The molecule has 1 saturated heterocycles. The van der Waals surface area contributed by atoms with Crippen LogP contribution in [0.3, 0.4) is 0 Å². The van der Waals surface area contributed by atoms with Crippen molar-refractivity contribution >= 4 is 23.1 Å². The quantitative estimate of drug-likeness (QED) is 0.917. The Morgan fingerprint density at radius 3 is 2.58 bits per heavy atom. The van der Waals surface area contributed by atoms with Gasteiger partial charge >= 0.3 is 6.09 Å². The van der Waals surface area contributed by atoms with E-state index in [0.717, 1.165) is 29.8 Å². The topological polar surface area (TPSA) is 61.5 Å². The lowest BCUT2D eigenvalue weighted by atomic mass is 10.0. The van der Waals surface area contributed by atoms with E-state index in [-0.39, 0.29) is 6.09 Å². The number of ether oxygens (including phenoxy) is 1. The zero-order valence-corrected chi connectivity index (χ0v) is 14.9. The number of aromatic amines is 1.